The molecule has 2 heteroatoms. The molecule has 0 saturated heterocycles. The van der Waals surface area contributed by atoms with Crippen molar-refractivity contribution in [1.29, 1.82) is 0 Å². The van der Waals surface area contributed by atoms with Crippen LogP contribution in [0.3, 0.4) is 0 Å². The molecular weight excluding hydrogens is 270 g/mol. The molecule has 0 N–H and O–H groups in total. The van der Waals surface area contributed by atoms with Crippen LogP contribution in [0, 0.1) is 0 Å². The van der Waals surface area contributed by atoms with Gasteiger partial charge in [-0.2, -0.15) is 0 Å². The van der Waals surface area contributed by atoms with Crippen molar-refractivity contribution in [3.05, 3.63) is 0 Å². The van der Waals surface area contributed by atoms with Gasteiger partial charge < -0.3 is 1.43 Å². The molecule has 81 valence electrons. The minimum absolute atomic E-state index is 0. The van der Waals surface area contributed by atoms with Gasteiger partial charge in [-0.05, 0) is 0 Å². The molecule has 0 aromatic carbocycles. The van der Waals surface area contributed by atoms with Crippen molar-refractivity contribution in [3.8, 4) is 0 Å². The topological polar surface area (TPSA) is 0 Å². The van der Waals surface area contributed by atoms with Gasteiger partial charge in [0.1, 0.15) is 0 Å². The molecule has 0 aliphatic carbocycles. The van der Waals surface area contributed by atoms with Crippen LogP contribution in [-0.2, 0) is 0 Å². The number of unbranched alkanes of at least 4 members (excludes halogenated alkanes) is 3. The van der Waals surface area contributed by atoms with Crippen molar-refractivity contribution < 1.29 is 20.3 Å². The predicted molar refractivity (Wildman–Crippen MR) is 66.0 cm³/mol. The third-order valence-electron chi connectivity index (χ3n) is 2.65. The maximum atomic E-state index is 2.33. The normalized spacial score (nSPS) is 10.3. The summed E-state index contributed by atoms with van der Waals surface area (Å²) in [6, 6.07) is 0. The van der Waals surface area contributed by atoms with Gasteiger partial charge in [-0.15, -0.1) is 0 Å². The quantitative estimate of drug-likeness (QED) is 0.571. The average Bonchev–Trinajstić information content (AvgIpc) is 2.17. The summed E-state index contributed by atoms with van der Waals surface area (Å²) in [7, 11) is 0. The van der Waals surface area contributed by atoms with E-state index in [1.165, 1.54) is 38.5 Å². The van der Waals surface area contributed by atoms with Gasteiger partial charge in [0, 0.05) is 0 Å². The predicted octanol–water partition coefficient (Wildman–Crippen LogP) is 2.00. The van der Waals surface area contributed by atoms with E-state index in [0.29, 0.717) is 0 Å². The van der Waals surface area contributed by atoms with Gasteiger partial charge in [-0.1, -0.05) is 0 Å². The smallest absolute Gasteiger partial charge is 1.00 e. The Labute approximate surface area is 112 Å². The van der Waals surface area contributed by atoms with E-state index in [0.717, 1.165) is 0 Å². The molecule has 0 aromatic heterocycles. The van der Waals surface area contributed by atoms with Crippen molar-refractivity contribution in [1.82, 2.24) is 0 Å². The summed E-state index contributed by atoms with van der Waals surface area (Å²) in [5.74, 6) is 0. The molecule has 0 saturated carbocycles. The fraction of sp³-hybridized carbons (Fsp3) is 1.00. The van der Waals surface area contributed by atoms with Gasteiger partial charge in [0.05, 0.1) is 0 Å². The first-order chi connectivity index (χ1) is 6.35. The van der Waals surface area contributed by atoms with Crippen molar-refractivity contribution in [2.24, 2.45) is 0 Å². The van der Waals surface area contributed by atoms with Crippen LogP contribution in [0.2, 0.25) is 13.3 Å². The second-order valence-corrected chi connectivity index (χ2v) is 12.6. The van der Waals surface area contributed by atoms with Crippen LogP contribution in [0.25, 0.3) is 0 Å². The first kappa shape index (κ1) is 17.8. The van der Waals surface area contributed by atoms with Crippen LogP contribution in [0.15, 0.2) is 0 Å². The maximum Gasteiger partial charge on any atom is 1.00 e. The van der Waals surface area contributed by atoms with E-state index in [2.05, 4.69) is 20.8 Å². The van der Waals surface area contributed by atoms with Gasteiger partial charge in [0.25, 0.3) is 0 Å². The van der Waals surface area contributed by atoms with Crippen molar-refractivity contribution >= 4 is 19.8 Å². The molecule has 0 aliphatic rings. The molecule has 0 nitrogen and oxygen atoms in total. The Bertz CT molecular complexity index is 82.6. The Morgan fingerprint density at radius 2 is 1.00 bits per heavy atom. The molecule has 1 radical (unpaired) electrons. The molecule has 0 fully saturated rings. The Morgan fingerprint density at radius 1 is 0.714 bits per heavy atom. The van der Waals surface area contributed by atoms with E-state index in [9.17, 15) is 0 Å². The standard InChI is InChI=1S/3C4H9.Li.Sn.H/c3*1-3-4-2;;;/h3*1,3-4H2,2H3;;;/q;;;+1;;-1. The van der Waals surface area contributed by atoms with Crippen molar-refractivity contribution in [3.63, 3.8) is 0 Å². The zero-order valence-electron chi connectivity index (χ0n) is 11.9. The molecule has 0 aromatic rings. The molecule has 0 unspecified atom stereocenters. The second kappa shape index (κ2) is 14.4. The summed E-state index contributed by atoms with van der Waals surface area (Å²) in [4.78, 5) is 0. The second-order valence-electron chi connectivity index (χ2n) is 4.06. The first-order valence-corrected chi connectivity index (χ1v) is 12.2. The summed E-state index contributed by atoms with van der Waals surface area (Å²) in [5, 5.41) is 0. The maximum absolute atomic E-state index is 2.33. The molecule has 0 rings (SSSR count). The summed E-state index contributed by atoms with van der Waals surface area (Å²) in [5.41, 5.74) is 0. The molecule has 0 spiro atoms. The van der Waals surface area contributed by atoms with Crippen LogP contribution < -0.4 is 18.9 Å². The fourth-order valence-electron chi connectivity index (χ4n) is 1.66. The molecule has 0 aliphatic heterocycles. The molecule has 0 atom stereocenters. The number of hydrogen-bond donors (Lipinski definition) is 0. The van der Waals surface area contributed by atoms with Crippen LogP contribution in [0.4, 0.5) is 0 Å². The summed E-state index contributed by atoms with van der Waals surface area (Å²) in [6.45, 7) is 7.00. The van der Waals surface area contributed by atoms with Crippen molar-refractivity contribution in [2.45, 2.75) is 72.6 Å². The fourth-order valence-corrected chi connectivity index (χ4v) is 11.1. The minimum Gasteiger partial charge on any atom is -1.00 e. The number of hydrogen-bond acceptors (Lipinski definition) is 0. The van der Waals surface area contributed by atoms with Gasteiger partial charge in [-0.3, -0.25) is 0 Å². The van der Waals surface area contributed by atoms with Gasteiger partial charge in [0.2, 0.25) is 0 Å². The summed E-state index contributed by atoms with van der Waals surface area (Å²) < 4.78 is 5.04. The Hall–Kier alpha value is 1.40. The van der Waals surface area contributed by atoms with E-state index in [4.69, 9.17) is 0 Å². The first-order valence-electron chi connectivity index (χ1n) is 6.18. The van der Waals surface area contributed by atoms with E-state index in [-0.39, 0.29) is 20.3 Å². The SMILES string of the molecule is CCC[CH2][Sn]([CH2]CCC)[CH2]CCC.[H-].[Li+]. The van der Waals surface area contributed by atoms with Gasteiger partial charge >= 0.3 is 111 Å². The van der Waals surface area contributed by atoms with Crippen LogP contribution >= 0.6 is 0 Å². The minimum atomic E-state index is -0.839. The Kier molecular flexibility index (Phi) is 18.3. The zero-order valence-corrected chi connectivity index (χ0v) is 13.7. The molecule has 0 heterocycles. The molecule has 0 bridgehead atoms. The largest absolute Gasteiger partial charge is 1.00 e. The Balaban J connectivity index is -0.000000720. The zero-order chi connectivity index (χ0) is 9.94. The van der Waals surface area contributed by atoms with Crippen LogP contribution in [0.1, 0.15) is 60.7 Å². The van der Waals surface area contributed by atoms with Crippen LogP contribution in [0.5, 0.6) is 0 Å². The van der Waals surface area contributed by atoms with Gasteiger partial charge in [0.15, 0.2) is 0 Å². The van der Waals surface area contributed by atoms with Crippen molar-refractivity contribution in [2.75, 3.05) is 0 Å². The van der Waals surface area contributed by atoms with E-state index in [1.54, 1.807) is 13.3 Å². The van der Waals surface area contributed by atoms with Gasteiger partial charge in [-0.25, -0.2) is 0 Å². The molecule has 0 amide bonds. The van der Waals surface area contributed by atoms with E-state index in [1.807, 2.05) is 0 Å². The third kappa shape index (κ3) is 11.5. The van der Waals surface area contributed by atoms with E-state index < -0.39 is 19.8 Å². The summed E-state index contributed by atoms with van der Waals surface area (Å²) >= 11 is -0.839. The third-order valence-corrected chi connectivity index (χ3v) is 11.7. The van der Waals surface area contributed by atoms with Crippen LogP contribution in [-0.4, -0.2) is 19.8 Å². The average molecular weight is 298 g/mol. The monoisotopic (exact) mass is 299 g/mol. The molecular formula is C12H28LiSn. The number of rotatable bonds is 9. The van der Waals surface area contributed by atoms with E-state index >= 15 is 0 Å². The summed E-state index contributed by atoms with van der Waals surface area (Å²) in [6.07, 6.45) is 8.85. The Morgan fingerprint density at radius 3 is 1.21 bits per heavy atom. The molecule has 14 heavy (non-hydrogen) atoms.